The first-order valence-electron chi connectivity index (χ1n) is 8.72. The Morgan fingerprint density at radius 3 is 2.57 bits per heavy atom. The van der Waals surface area contributed by atoms with Crippen molar-refractivity contribution in [2.45, 2.75) is 88.2 Å². The van der Waals surface area contributed by atoms with Crippen molar-refractivity contribution in [1.82, 2.24) is 10.2 Å². The smallest absolute Gasteiger partial charge is 0.244 e. The summed E-state index contributed by atoms with van der Waals surface area (Å²) in [5, 5.41) is 4.49. The summed E-state index contributed by atoms with van der Waals surface area (Å²) in [4.78, 5) is 15.4. The van der Waals surface area contributed by atoms with Gasteiger partial charge >= 0.3 is 0 Å². The van der Waals surface area contributed by atoms with Gasteiger partial charge in [0.2, 0.25) is 5.91 Å². The van der Waals surface area contributed by atoms with Gasteiger partial charge in [-0.15, -0.1) is 0 Å². The number of rotatable bonds is 4. The number of carbonyl (C=O) groups excluding carboxylic acids is 1. The lowest BCUT2D eigenvalue weighted by atomic mass is 9.99. The molecule has 21 heavy (non-hydrogen) atoms. The summed E-state index contributed by atoms with van der Waals surface area (Å²) in [6.45, 7) is 4.25. The molecule has 1 saturated heterocycles. The number of carbonyl (C=O) groups is 1. The van der Waals surface area contributed by atoms with Crippen LogP contribution in [0.2, 0.25) is 0 Å². The van der Waals surface area contributed by atoms with Gasteiger partial charge in [0.1, 0.15) is 0 Å². The lowest BCUT2D eigenvalue weighted by molar-refractivity contribution is -0.135. The first-order chi connectivity index (χ1) is 10.1. The molecular formula is C17H30N2OS. The van der Waals surface area contributed by atoms with Crippen molar-refractivity contribution in [3.05, 3.63) is 0 Å². The van der Waals surface area contributed by atoms with Gasteiger partial charge in [0, 0.05) is 11.3 Å². The second-order valence-electron chi connectivity index (χ2n) is 7.36. The van der Waals surface area contributed by atoms with Crippen LogP contribution in [-0.2, 0) is 4.79 Å². The topological polar surface area (TPSA) is 32.3 Å². The summed E-state index contributed by atoms with van der Waals surface area (Å²) < 4.78 is 0. The van der Waals surface area contributed by atoms with E-state index in [9.17, 15) is 4.79 Å². The fourth-order valence-electron chi connectivity index (χ4n) is 4.52. The van der Waals surface area contributed by atoms with Crippen LogP contribution in [0.3, 0.4) is 0 Å². The molecule has 1 amide bonds. The van der Waals surface area contributed by atoms with Crippen molar-refractivity contribution < 1.29 is 4.79 Å². The Kier molecular flexibility index (Phi) is 4.56. The van der Waals surface area contributed by atoms with Crippen molar-refractivity contribution >= 4 is 17.7 Å². The van der Waals surface area contributed by atoms with Crippen LogP contribution in [0.15, 0.2) is 0 Å². The van der Waals surface area contributed by atoms with Crippen molar-refractivity contribution in [2.24, 2.45) is 5.92 Å². The van der Waals surface area contributed by atoms with Crippen LogP contribution in [-0.4, -0.2) is 40.1 Å². The summed E-state index contributed by atoms with van der Waals surface area (Å²) >= 11 is 1.98. The maximum atomic E-state index is 13.1. The van der Waals surface area contributed by atoms with Gasteiger partial charge in [-0.05, 0) is 57.6 Å². The SMILES string of the molecule is CCC1(C)NC(C2CCCC2)N(C2CCC(SC)C2)C1=O. The molecule has 0 radical (unpaired) electrons. The standard InChI is InChI=1S/C17H30N2OS/c1-4-17(2)16(20)19(13-9-10-14(11-13)21-3)15(18-17)12-7-5-6-8-12/h12-15,18H,4-11H2,1-3H3. The molecule has 0 aromatic carbocycles. The fraction of sp³-hybridized carbons (Fsp3) is 0.941. The van der Waals surface area contributed by atoms with Crippen LogP contribution in [0.25, 0.3) is 0 Å². The van der Waals surface area contributed by atoms with Crippen LogP contribution >= 0.6 is 11.8 Å². The van der Waals surface area contributed by atoms with Gasteiger partial charge in [-0.1, -0.05) is 19.8 Å². The summed E-state index contributed by atoms with van der Waals surface area (Å²) in [6, 6.07) is 0.474. The summed E-state index contributed by atoms with van der Waals surface area (Å²) in [5.74, 6) is 1.05. The molecule has 4 atom stereocenters. The molecule has 2 aliphatic carbocycles. The van der Waals surface area contributed by atoms with Gasteiger partial charge in [0.15, 0.2) is 0 Å². The highest BCUT2D eigenvalue weighted by Crippen LogP contribution is 2.40. The van der Waals surface area contributed by atoms with Gasteiger partial charge in [0.05, 0.1) is 11.7 Å². The van der Waals surface area contributed by atoms with Gasteiger partial charge in [-0.25, -0.2) is 0 Å². The van der Waals surface area contributed by atoms with E-state index in [0.29, 0.717) is 24.0 Å². The van der Waals surface area contributed by atoms with E-state index in [2.05, 4.69) is 30.3 Å². The van der Waals surface area contributed by atoms with Crippen LogP contribution in [0.1, 0.15) is 65.2 Å². The maximum Gasteiger partial charge on any atom is 0.244 e. The highest BCUT2D eigenvalue weighted by Gasteiger charge is 2.52. The fourth-order valence-corrected chi connectivity index (χ4v) is 5.30. The maximum absolute atomic E-state index is 13.1. The van der Waals surface area contributed by atoms with Crippen molar-refractivity contribution in [3.8, 4) is 0 Å². The Morgan fingerprint density at radius 1 is 1.29 bits per heavy atom. The third kappa shape index (κ3) is 2.74. The zero-order chi connectivity index (χ0) is 15.0. The molecule has 1 N–H and O–H groups in total. The largest absolute Gasteiger partial charge is 0.322 e. The predicted octanol–water partition coefficient (Wildman–Crippen LogP) is 3.39. The second kappa shape index (κ2) is 6.11. The summed E-state index contributed by atoms with van der Waals surface area (Å²) in [7, 11) is 0. The number of amides is 1. The summed E-state index contributed by atoms with van der Waals surface area (Å²) in [5.41, 5.74) is -0.329. The zero-order valence-corrected chi connectivity index (χ0v) is 14.5. The lowest BCUT2D eigenvalue weighted by Gasteiger charge is -2.34. The molecule has 1 aliphatic heterocycles. The van der Waals surface area contributed by atoms with Crippen molar-refractivity contribution in [3.63, 3.8) is 0 Å². The Morgan fingerprint density at radius 2 is 2.00 bits per heavy atom. The second-order valence-corrected chi connectivity index (χ2v) is 8.49. The molecule has 2 saturated carbocycles. The normalized spacial score (nSPS) is 41.4. The van der Waals surface area contributed by atoms with Crippen LogP contribution in [0.5, 0.6) is 0 Å². The van der Waals surface area contributed by atoms with E-state index in [-0.39, 0.29) is 5.54 Å². The molecule has 3 aliphatic rings. The number of nitrogens with one attached hydrogen (secondary N) is 1. The minimum atomic E-state index is -0.329. The quantitative estimate of drug-likeness (QED) is 0.864. The first-order valence-corrected chi connectivity index (χ1v) is 10.0. The predicted molar refractivity (Wildman–Crippen MR) is 89.4 cm³/mol. The van der Waals surface area contributed by atoms with E-state index in [4.69, 9.17) is 0 Å². The average molecular weight is 311 g/mol. The van der Waals surface area contributed by atoms with E-state index in [0.717, 1.165) is 11.7 Å². The van der Waals surface area contributed by atoms with Crippen LogP contribution in [0, 0.1) is 5.92 Å². The molecule has 0 bridgehead atoms. The number of thioether (sulfide) groups is 1. The first kappa shape index (κ1) is 15.7. The number of hydrogen-bond acceptors (Lipinski definition) is 3. The number of nitrogens with zero attached hydrogens (tertiary/aromatic N) is 1. The molecule has 1 heterocycles. The minimum absolute atomic E-state index is 0.301. The summed E-state index contributed by atoms with van der Waals surface area (Å²) in [6.07, 6.45) is 12.3. The molecule has 0 spiro atoms. The molecule has 0 aromatic heterocycles. The third-order valence-electron chi connectivity index (χ3n) is 6.11. The van der Waals surface area contributed by atoms with Crippen molar-refractivity contribution in [2.75, 3.05) is 6.26 Å². The molecule has 3 rings (SSSR count). The molecule has 3 fully saturated rings. The lowest BCUT2D eigenvalue weighted by Crippen LogP contribution is -2.47. The van der Waals surface area contributed by atoms with E-state index >= 15 is 0 Å². The Balaban J connectivity index is 1.81. The Labute approximate surface area is 133 Å². The molecule has 4 heteroatoms. The van der Waals surface area contributed by atoms with Crippen LogP contribution < -0.4 is 5.32 Å². The van der Waals surface area contributed by atoms with Gasteiger partial charge in [0.25, 0.3) is 0 Å². The van der Waals surface area contributed by atoms with E-state index in [1.807, 2.05) is 11.8 Å². The minimum Gasteiger partial charge on any atom is -0.322 e. The third-order valence-corrected chi connectivity index (χ3v) is 7.20. The molecule has 3 nitrogen and oxygen atoms in total. The highest BCUT2D eigenvalue weighted by molar-refractivity contribution is 7.99. The van der Waals surface area contributed by atoms with Gasteiger partial charge in [-0.2, -0.15) is 11.8 Å². The Hall–Kier alpha value is -0.220. The average Bonchev–Trinajstić information content (AvgIpc) is 3.20. The van der Waals surface area contributed by atoms with Gasteiger partial charge in [-0.3, -0.25) is 10.1 Å². The van der Waals surface area contributed by atoms with E-state index in [1.54, 1.807) is 0 Å². The van der Waals surface area contributed by atoms with Gasteiger partial charge < -0.3 is 4.90 Å². The number of hydrogen-bond donors (Lipinski definition) is 1. The molecule has 4 unspecified atom stereocenters. The highest BCUT2D eigenvalue weighted by atomic mass is 32.2. The molecular weight excluding hydrogens is 280 g/mol. The molecule has 0 aromatic rings. The zero-order valence-electron chi connectivity index (χ0n) is 13.7. The van der Waals surface area contributed by atoms with Crippen LogP contribution in [0.4, 0.5) is 0 Å². The Bertz CT molecular complexity index is 396. The van der Waals surface area contributed by atoms with Crippen molar-refractivity contribution in [1.29, 1.82) is 0 Å². The van der Waals surface area contributed by atoms with E-state index in [1.165, 1.54) is 44.9 Å². The van der Waals surface area contributed by atoms with E-state index < -0.39 is 0 Å². The monoisotopic (exact) mass is 310 g/mol. The molecule has 120 valence electrons.